The summed E-state index contributed by atoms with van der Waals surface area (Å²) in [6.45, 7) is 0.578. The second-order valence-corrected chi connectivity index (χ2v) is 8.75. The molecule has 0 N–H and O–H groups in total. The molecule has 2 aliphatic rings. The van der Waals surface area contributed by atoms with Crippen molar-refractivity contribution in [3.8, 4) is 0 Å². The standard InChI is InChI=1S/C10H12O4S.C10H12O3S/c11-15(12)13-8-10(14-15)7-6-9-4-2-1-3-5-9;11-14-12-8-10(13-14)7-6-9-4-2-1-3-5-9/h1-5,10H,6-8H2;1-5,10H,6-8H2/t10-;10-,14?/m00/s1. The van der Waals surface area contributed by atoms with Gasteiger partial charge in [0, 0.05) is 0 Å². The van der Waals surface area contributed by atoms with E-state index in [0.29, 0.717) is 13.0 Å². The molecule has 0 bridgehead atoms. The maximum atomic E-state index is 10.8. The molecule has 2 saturated heterocycles. The minimum Gasteiger partial charge on any atom is -0.266 e. The molecule has 9 heteroatoms. The van der Waals surface area contributed by atoms with Gasteiger partial charge in [0.25, 0.3) is 0 Å². The molecule has 1 unspecified atom stereocenters. The first-order chi connectivity index (χ1) is 14.0. The molecule has 0 amide bonds. The second kappa shape index (κ2) is 11.0. The van der Waals surface area contributed by atoms with Crippen LogP contribution in [0.15, 0.2) is 60.7 Å². The zero-order chi connectivity index (χ0) is 20.5. The zero-order valence-corrected chi connectivity index (χ0v) is 17.5. The first-order valence-electron chi connectivity index (χ1n) is 9.38. The highest BCUT2D eigenvalue weighted by atomic mass is 32.3. The predicted molar refractivity (Wildman–Crippen MR) is 108 cm³/mol. The molecule has 0 aliphatic carbocycles. The summed E-state index contributed by atoms with van der Waals surface area (Å²) in [6.07, 6.45) is 2.89. The Labute approximate surface area is 174 Å². The van der Waals surface area contributed by atoms with Crippen molar-refractivity contribution in [2.24, 2.45) is 0 Å². The van der Waals surface area contributed by atoms with Crippen LogP contribution in [0, 0.1) is 0 Å². The van der Waals surface area contributed by atoms with Crippen molar-refractivity contribution >= 4 is 21.8 Å². The van der Waals surface area contributed by atoms with E-state index < -0.39 is 21.8 Å². The topological polar surface area (TPSA) is 88.1 Å². The van der Waals surface area contributed by atoms with Gasteiger partial charge in [0.2, 0.25) is 0 Å². The van der Waals surface area contributed by atoms with Crippen molar-refractivity contribution in [3.05, 3.63) is 71.8 Å². The Hall–Kier alpha value is -1.62. The molecule has 3 atom stereocenters. The quantitative estimate of drug-likeness (QED) is 0.682. The second-order valence-electron chi connectivity index (χ2n) is 6.67. The van der Waals surface area contributed by atoms with E-state index in [2.05, 4.69) is 16.3 Å². The number of aryl methyl sites for hydroxylation is 2. The Bertz CT molecular complexity index is 872. The Morgan fingerprint density at radius 2 is 1.38 bits per heavy atom. The molecule has 2 heterocycles. The van der Waals surface area contributed by atoms with E-state index in [1.54, 1.807) is 0 Å². The van der Waals surface area contributed by atoms with E-state index in [1.807, 2.05) is 48.5 Å². The summed E-state index contributed by atoms with van der Waals surface area (Å²) in [7, 11) is -3.70. The van der Waals surface area contributed by atoms with E-state index in [4.69, 9.17) is 12.5 Å². The minimum absolute atomic E-state index is 0.0176. The van der Waals surface area contributed by atoms with Crippen molar-refractivity contribution in [3.63, 3.8) is 0 Å². The number of benzene rings is 2. The van der Waals surface area contributed by atoms with Gasteiger partial charge in [0.15, 0.2) is 0 Å². The van der Waals surface area contributed by atoms with Gasteiger partial charge in [-0.05, 0) is 36.8 Å². The SMILES string of the molecule is O=S1(=O)OC[C@H](CCc2ccccc2)O1.O=S1OC[C@H](CCc2ccccc2)O1. The highest BCUT2D eigenvalue weighted by Gasteiger charge is 2.29. The third-order valence-electron chi connectivity index (χ3n) is 4.41. The van der Waals surface area contributed by atoms with Crippen LogP contribution in [0.5, 0.6) is 0 Å². The van der Waals surface area contributed by atoms with Crippen LogP contribution < -0.4 is 0 Å². The zero-order valence-electron chi connectivity index (χ0n) is 15.8. The Morgan fingerprint density at radius 1 is 0.828 bits per heavy atom. The number of rotatable bonds is 6. The van der Waals surface area contributed by atoms with Crippen LogP contribution in [-0.2, 0) is 51.3 Å². The first kappa shape index (κ1) is 22.1. The molecule has 7 nitrogen and oxygen atoms in total. The highest BCUT2D eigenvalue weighted by molar-refractivity contribution is 7.82. The largest absolute Gasteiger partial charge is 0.400 e. The van der Waals surface area contributed by atoms with Crippen molar-refractivity contribution < 1.29 is 29.4 Å². The molecule has 2 aromatic rings. The Morgan fingerprint density at radius 3 is 1.83 bits per heavy atom. The molecule has 0 spiro atoms. The first-order valence-corrected chi connectivity index (χ1v) is 11.7. The summed E-state index contributed by atoms with van der Waals surface area (Å²) >= 11 is -1.51. The third-order valence-corrected chi connectivity index (χ3v) is 6.10. The summed E-state index contributed by atoms with van der Waals surface area (Å²) in [5.74, 6) is 0. The molecular formula is C20H24O7S2. The van der Waals surface area contributed by atoms with Gasteiger partial charge in [-0.1, -0.05) is 60.7 Å². The van der Waals surface area contributed by atoms with Crippen LogP contribution in [0.2, 0.25) is 0 Å². The van der Waals surface area contributed by atoms with Crippen molar-refractivity contribution in [2.45, 2.75) is 37.9 Å². The fraction of sp³-hybridized carbons (Fsp3) is 0.400. The Kier molecular flexibility index (Phi) is 8.34. The molecule has 158 valence electrons. The highest BCUT2D eigenvalue weighted by Crippen LogP contribution is 2.17. The van der Waals surface area contributed by atoms with Gasteiger partial charge in [0.1, 0.15) is 12.2 Å². The van der Waals surface area contributed by atoms with E-state index in [0.717, 1.165) is 19.3 Å². The molecule has 29 heavy (non-hydrogen) atoms. The summed E-state index contributed by atoms with van der Waals surface area (Å²) in [5.41, 5.74) is 2.44. The number of hydrogen-bond acceptors (Lipinski definition) is 7. The summed E-state index contributed by atoms with van der Waals surface area (Å²) in [4.78, 5) is 0. The molecule has 0 aromatic heterocycles. The van der Waals surface area contributed by atoms with Gasteiger partial charge in [-0.3, -0.25) is 8.37 Å². The maximum Gasteiger partial charge on any atom is 0.400 e. The van der Waals surface area contributed by atoms with E-state index in [9.17, 15) is 12.6 Å². The van der Waals surface area contributed by atoms with Crippen LogP contribution in [-0.4, -0.2) is 38.0 Å². The van der Waals surface area contributed by atoms with Gasteiger partial charge in [0.05, 0.1) is 13.2 Å². The molecule has 4 rings (SSSR count). The lowest BCUT2D eigenvalue weighted by Crippen LogP contribution is -2.11. The van der Waals surface area contributed by atoms with Gasteiger partial charge in [-0.2, -0.15) is 12.6 Å². The fourth-order valence-corrected chi connectivity index (χ4v) is 4.44. The smallest absolute Gasteiger partial charge is 0.266 e. The fourth-order valence-electron chi connectivity index (χ4n) is 2.89. The molecular weight excluding hydrogens is 416 g/mol. The molecule has 0 saturated carbocycles. The maximum absolute atomic E-state index is 10.8. The summed E-state index contributed by atoms with van der Waals surface area (Å²) in [6, 6.07) is 20.0. The van der Waals surface area contributed by atoms with Gasteiger partial charge in [-0.15, -0.1) is 0 Å². The van der Waals surface area contributed by atoms with Gasteiger partial charge < -0.3 is 0 Å². The van der Waals surface area contributed by atoms with Gasteiger partial charge in [-0.25, -0.2) is 8.37 Å². The third kappa shape index (κ3) is 7.96. The minimum atomic E-state index is -3.70. The van der Waals surface area contributed by atoms with E-state index >= 15 is 0 Å². The average molecular weight is 441 g/mol. The van der Waals surface area contributed by atoms with Crippen LogP contribution in [0.25, 0.3) is 0 Å². The van der Waals surface area contributed by atoms with Crippen LogP contribution >= 0.6 is 0 Å². The number of hydrogen-bond donors (Lipinski definition) is 0. The van der Waals surface area contributed by atoms with Crippen LogP contribution in [0.3, 0.4) is 0 Å². The summed E-state index contributed by atoms with van der Waals surface area (Å²) < 4.78 is 51.4. The molecule has 2 aliphatic heterocycles. The van der Waals surface area contributed by atoms with E-state index in [1.165, 1.54) is 11.1 Å². The van der Waals surface area contributed by atoms with Gasteiger partial charge >= 0.3 is 21.8 Å². The lowest BCUT2D eigenvalue weighted by atomic mass is 10.1. The Balaban J connectivity index is 0.000000166. The average Bonchev–Trinajstić information content (AvgIpc) is 3.31. The lowest BCUT2D eigenvalue weighted by Gasteiger charge is -2.04. The summed E-state index contributed by atoms with van der Waals surface area (Å²) in [5, 5.41) is 0. The molecule has 2 fully saturated rings. The lowest BCUT2D eigenvalue weighted by molar-refractivity contribution is 0.224. The van der Waals surface area contributed by atoms with Crippen LogP contribution in [0.4, 0.5) is 0 Å². The van der Waals surface area contributed by atoms with Crippen molar-refractivity contribution in [1.82, 2.24) is 0 Å². The van der Waals surface area contributed by atoms with Crippen molar-refractivity contribution in [1.29, 1.82) is 0 Å². The monoisotopic (exact) mass is 440 g/mol. The predicted octanol–water partition coefficient (Wildman–Crippen LogP) is 2.89. The van der Waals surface area contributed by atoms with E-state index in [-0.39, 0.29) is 18.8 Å². The van der Waals surface area contributed by atoms with Crippen molar-refractivity contribution in [2.75, 3.05) is 13.2 Å². The van der Waals surface area contributed by atoms with Crippen LogP contribution in [0.1, 0.15) is 24.0 Å². The molecule has 2 aromatic carbocycles. The normalized spacial score (nSPS) is 25.3. The molecule has 0 radical (unpaired) electrons.